The molecule has 2 heterocycles. The van der Waals surface area contributed by atoms with Crippen LogP contribution >= 0.6 is 0 Å². The van der Waals surface area contributed by atoms with Gasteiger partial charge in [0, 0.05) is 6.04 Å². The molecule has 0 aliphatic carbocycles. The van der Waals surface area contributed by atoms with Crippen LogP contribution in [0.3, 0.4) is 0 Å². The Balaban J connectivity index is 1.78. The lowest BCUT2D eigenvalue weighted by atomic mass is 10.2. The van der Waals surface area contributed by atoms with Crippen LogP contribution < -0.4 is 0 Å². The molecule has 0 radical (unpaired) electrons. The molecule has 3 rings (SSSR count). The van der Waals surface area contributed by atoms with Crippen LogP contribution in [0.25, 0.3) is 11.1 Å². The monoisotopic (exact) mass is 308 g/mol. The van der Waals surface area contributed by atoms with Gasteiger partial charge in [0.15, 0.2) is 15.4 Å². The maximum absolute atomic E-state index is 11.7. The van der Waals surface area contributed by atoms with Crippen LogP contribution in [0, 0.1) is 0 Å². The number of sulfone groups is 1. The predicted octanol–water partition coefficient (Wildman–Crippen LogP) is 2.23. The van der Waals surface area contributed by atoms with Gasteiger partial charge in [0.1, 0.15) is 5.52 Å². The quantitative estimate of drug-likeness (QED) is 0.847. The summed E-state index contributed by atoms with van der Waals surface area (Å²) in [6.45, 7) is 3.53. The van der Waals surface area contributed by atoms with E-state index < -0.39 is 9.84 Å². The average molecular weight is 308 g/mol. The van der Waals surface area contributed by atoms with Gasteiger partial charge in [-0.1, -0.05) is 19.1 Å². The second-order valence-corrected chi connectivity index (χ2v) is 7.83. The Morgan fingerprint density at radius 3 is 2.86 bits per heavy atom. The summed E-state index contributed by atoms with van der Waals surface area (Å²) in [4.78, 5) is 6.67. The molecule has 0 N–H and O–H groups in total. The van der Waals surface area contributed by atoms with Crippen LogP contribution in [0.2, 0.25) is 0 Å². The Morgan fingerprint density at radius 1 is 1.38 bits per heavy atom. The highest BCUT2D eigenvalue weighted by molar-refractivity contribution is 7.91. The van der Waals surface area contributed by atoms with Gasteiger partial charge in [-0.15, -0.1) is 0 Å². The van der Waals surface area contributed by atoms with Crippen molar-refractivity contribution in [2.75, 3.05) is 18.1 Å². The van der Waals surface area contributed by atoms with E-state index in [0.717, 1.165) is 24.1 Å². The molecule has 0 amide bonds. The minimum Gasteiger partial charge on any atom is -0.439 e. The molecule has 1 aromatic heterocycles. The van der Waals surface area contributed by atoms with Gasteiger partial charge >= 0.3 is 0 Å². The highest BCUT2D eigenvalue weighted by Crippen LogP contribution is 2.22. The molecular formula is C15H20N2O3S. The minimum atomic E-state index is -2.87. The van der Waals surface area contributed by atoms with Gasteiger partial charge < -0.3 is 4.42 Å². The lowest BCUT2D eigenvalue weighted by molar-refractivity contribution is 0.186. The van der Waals surface area contributed by atoms with Crippen molar-refractivity contribution in [1.29, 1.82) is 0 Å². The van der Waals surface area contributed by atoms with Crippen molar-refractivity contribution in [2.45, 2.75) is 32.4 Å². The largest absolute Gasteiger partial charge is 0.439 e. The average Bonchev–Trinajstić information content (AvgIpc) is 3.00. The van der Waals surface area contributed by atoms with Crippen LogP contribution in [0.5, 0.6) is 0 Å². The topological polar surface area (TPSA) is 63.4 Å². The molecule has 0 spiro atoms. The van der Waals surface area contributed by atoms with E-state index >= 15 is 0 Å². The maximum Gasteiger partial charge on any atom is 0.209 e. The van der Waals surface area contributed by atoms with Crippen LogP contribution in [0.15, 0.2) is 28.7 Å². The third kappa shape index (κ3) is 3.27. The predicted molar refractivity (Wildman–Crippen MR) is 81.8 cm³/mol. The Hall–Kier alpha value is -1.40. The number of fused-ring (bicyclic) bond motifs is 1. The summed E-state index contributed by atoms with van der Waals surface area (Å²) in [6.07, 6.45) is 1.69. The van der Waals surface area contributed by atoms with E-state index in [1.54, 1.807) is 0 Å². The Bertz CT molecular complexity index is 690. The summed E-state index contributed by atoms with van der Waals surface area (Å²) in [7, 11) is -2.87. The van der Waals surface area contributed by atoms with E-state index in [4.69, 9.17) is 4.42 Å². The normalized spacial score (nSPS) is 21.3. The summed E-state index contributed by atoms with van der Waals surface area (Å²) < 4.78 is 29.1. The molecule has 0 bridgehead atoms. The molecule has 5 nitrogen and oxygen atoms in total. The van der Waals surface area contributed by atoms with Gasteiger partial charge in [-0.2, -0.15) is 0 Å². The van der Waals surface area contributed by atoms with Gasteiger partial charge in [-0.05, 0) is 31.5 Å². The fourth-order valence-electron chi connectivity index (χ4n) is 2.90. The van der Waals surface area contributed by atoms with Crippen LogP contribution in [0.4, 0.5) is 0 Å². The molecule has 21 heavy (non-hydrogen) atoms. The zero-order valence-electron chi connectivity index (χ0n) is 12.2. The van der Waals surface area contributed by atoms with Crippen LogP contribution in [0.1, 0.15) is 25.7 Å². The van der Waals surface area contributed by atoms with Gasteiger partial charge in [0.2, 0.25) is 5.89 Å². The third-order valence-electron chi connectivity index (χ3n) is 3.91. The standard InChI is InChI=1S/C15H20N2O3S/c1-2-8-17(12-7-9-21(18,19)11-12)10-15-16-13-5-3-4-6-14(13)20-15/h3-6,12H,2,7-11H2,1H3/t12-/m0/s1. The highest BCUT2D eigenvalue weighted by Gasteiger charge is 2.32. The van der Waals surface area contributed by atoms with Gasteiger partial charge in [-0.3, -0.25) is 4.90 Å². The number of rotatable bonds is 5. The van der Waals surface area contributed by atoms with Crippen LogP contribution in [-0.2, 0) is 16.4 Å². The lowest BCUT2D eigenvalue weighted by Gasteiger charge is -2.25. The fraction of sp³-hybridized carbons (Fsp3) is 0.533. The first-order valence-electron chi connectivity index (χ1n) is 7.36. The van der Waals surface area contributed by atoms with Gasteiger partial charge in [-0.25, -0.2) is 13.4 Å². The Morgan fingerprint density at radius 2 is 2.19 bits per heavy atom. The smallest absolute Gasteiger partial charge is 0.209 e. The number of hydrogen-bond donors (Lipinski definition) is 0. The molecule has 1 atom stereocenters. The molecule has 114 valence electrons. The summed E-state index contributed by atoms with van der Waals surface area (Å²) in [5, 5.41) is 0. The summed E-state index contributed by atoms with van der Waals surface area (Å²) in [5.74, 6) is 1.22. The zero-order chi connectivity index (χ0) is 14.9. The second-order valence-electron chi connectivity index (χ2n) is 5.60. The van der Waals surface area contributed by atoms with E-state index in [-0.39, 0.29) is 11.8 Å². The second kappa shape index (κ2) is 5.77. The molecule has 2 aromatic rings. The first-order valence-corrected chi connectivity index (χ1v) is 9.18. The van der Waals surface area contributed by atoms with Crippen molar-refractivity contribution in [3.05, 3.63) is 30.2 Å². The third-order valence-corrected chi connectivity index (χ3v) is 5.66. The van der Waals surface area contributed by atoms with Crippen LogP contribution in [-0.4, -0.2) is 42.4 Å². The first kappa shape index (κ1) is 14.5. The van der Waals surface area contributed by atoms with Crippen molar-refractivity contribution >= 4 is 20.9 Å². The molecule has 0 saturated carbocycles. The molecular weight excluding hydrogens is 288 g/mol. The van der Waals surface area contributed by atoms with Gasteiger partial charge in [0.25, 0.3) is 0 Å². The molecule has 0 unspecified atom stereocenters. The maximum atomic E-state index is 11.7. The lowest BCUT2D eigenvalue weighted by Crippen LogP contribution is -2.36. The van der Waals surface area contributed by atoms with E-state index in [9.17, 15) is 8.42 Å². The molecule has 1 aliphatic heterocycles. The zero-order valence-corrected chi connectivity index (χ0v) is 13.0. The molecule has 1 fully saturated rings. The van der Waals surface area contributed by atoms with E-state index in [1.807, 2.05) is 24.3 Å². The van der Waals surface area contributed by atoms with E-state index in [0.29, 0.717) is 24.6 Å². The van der Waals surface area contributed by atoms with Crippen molar-refractivity contribution in [3.8, 4) is 0 Å². The number of para-hydroxylation sites is 2. The molecule has 1 saturated heterocycles. The number of aromatic nitrogens is 1. The van der Waals surface area contributed by atoms with Crippen molar-refractivity contribution in [3.63, 3.8) is 0 Å². The minimum absolute atomic E-state index is 0.0879. The Labute approximate surface area is 124 Å². The number of nitrogens with zero attached hydrogens (tertiary/aromatic N) is 2. The first-order chi connectivity index (χ1) is 10.1. The number of oxazole rings is 1. The summed E-state index contributed by atoms with van der Waals surface area (Å²) >= 11 is 0. The molecule has 1 aromatic carbocycles. The SMILES string of the molecule is CCCN(Cc1nc2ccccc2o1)[C@H]1CCS(=O)(=O)C1. The van der Waals surface area contributed by atoms with Crippen molar-refractivity contribution < 1.29 is 12.8 Å². The fourth-order valence-corrected chi connectivity index (χ4v) is 4.66. The highest BCUT2D eigenvalue weighted by atomic mass is 32.2. The molecule has 1 aliphatic rings. The Kier molecular flexibility index (Phi) is 3.99. The summed E-state index contributed by atoms with van der Waals surface area (Å²) in [6, 6.07) is 7.76. The number of hydrogen-bond acceptors (Lipinski definition) is 5. The van der Waals surface area contributed by atoms with E-state index in [1.165, 1.54) is 0 Å². The van der Waals surface area contributed by atoms with Gasteiger partial charge in [0.05, 0.1) is 18.1 Å². The van der Waals surface area contributed by atoms with E-state index in [2.05, 4.69) is 16.8 Å². The molecule has 6 heteroatoms. The number of benzene rings is 1. The van der Waals surface area contributed by atoms with Crippen molar-refractivity contribution in [1.82, 2.24) is 9.88 Å². The van der Waals surface area contributed by atoms with Crippen molar-refractivity contribution in [2.24, 2.45) is 0 Å². The summed E-state index contributed by atoms with van der Waals surface area (Å²) in [5.41, 5.74) is 1.63.